The van der Waals surface area contributed by atoms with Crippen molar-refractivity contribution in [3.63, 3.8) is 0 Å². The summed E-state index contributed by atoms with van der Waals surface area (Å²) in [7, 11) is 0. The molecule has 1 nitrogen and oxygen atoms in total. The molecule has 2 heteroatoms. The predicted octanol–water partition coefficient (Wildman–Crippen LogP) is 4.06. The molecule has 0 aliphatic heterocycles. The van der Waals surface area contributed by atoms with E-state index in [2.05, 4.69) is 79.7 Å². The second-order valence-corrected chi connectivity index (χ2v) is 7.76. The van der Waals surface area contributed by atoms with E-state index >= 15 is 0 Å². The molecule has 0 unspecified atom stereocenters. The predicted molar refractivity (Wildman–Crippen MR) is 97.9 cm³/mol. The Hall–Kier alpha value is -2.28. The van der Waals surface area contributed by atoms with Crippen molar-refractivity contribution < 1.29 is 4.42 Å². The number of aryl methyl sites for hydroxylation is 1. The molecule has 0 aliphatic rings. The van der Waals surface area contributed by atoms with Gasteiger partial charge in [0.1, 0.15) is 0 Å². The first-order valence-electron chi connectivity index (χ1n) is 7.63. The van der Waals surface area contributed by atoms with Gasteiger partial charge in [0.2, 0.25) is 0 Å². The van der Waals surface area contributed by atoms with Gasteiger partial charge in [0.25, 0.3) is 0 Å². The number of para-hydroxylation sites is 1. The van der Waals surface area contributed by atoms with Crippen LogP contribution >= 0.6 is 0 Å². The second kappa shape index (κ2) is 6.08. The molecule has 0 amide bonds. The van der Waals surface area contributed by atoms with Gasteiger partial charge in [0.15, 0.2) is 0 Å². The summed E-state index contributed by atoms with van der Waals surface area (Å²) >= 11 is 0.214. The zero-order chi connectivity index (χ0) is 15.6. The van der Waals surface area contributed by atoms with Crippen molar-refractivity contribution in [3.8, 4) is 11.3 Å². The van der Waals surface area contributed by atoms with E-state index in [4.69, 9.17) is 4.42 Å². The summed E-state index contributed by atoms with van der Waals surface area (Å²) in [6.45, 7) is 2.14. The summed E-state index contributed by atoms with van der Waals surface area (Å²) in [5, 5.41) is 1.23. The normalized spacial score (nSPS) is 11.0. The van der Waals surface area contributed by atoms with E-state index in [0.717, 1.165) is 11.3 Å². The van der Waals surface area contributed by atoms with E-state index in [9.17, 15) is 0 Å². The molecular formula is C21H16OSe. The Morgan fingerprint density at radius 1 is 0.739 bits per heavy atom. The molecule has 0 radical (unpaired) electrons. The zero-order valence-corrected chi connectivity index (χ0v) is 14.5. The topological polar surface area (TPSA) is 13.1 Å². The van der Waals surface area contributed by atoms with Gasteiger partial charge in [-0.25, -0.2) is 0 Å². The van der Waals surface area contributed by atoms with Crippen molar-refractivity contribution in [2.45, 2.75) is 6.92 Å². The summed E-state index contributed by atoms with van der Waals surface area (Å²) < 4.78 is 8.94. The summed E-state index contributed by atoms with van der Waals surface area (Å²) in [5.74, 6) is 1.02. The molecule has 23 heavy (non-hydrogen) atoms. The molecule has 4 aromatic rings. The number of rotatable bonds is 3. The fourth-order valence-electron chi connectivity index (χ4n) is 2.73. The molecule has 0 saturated heterocycles. The first kappa shape index (κ1) is 14.3. The minimum absolute atomic E-state index is 0.214. The van der Waals surface area contributed by atoms with Crippen LogP contribution in [0.3, 0.4) is 0 Å². The molecule has 112 valence electrons. The van der Waals surface area contributed by atoms with Crippen molar-refractivity contribution in [2.75, 3.05) is 0 Å². The molecule has 0 bridgehead atoms. The van der Waals surface area contributed by atoms with Gasteiger partial charge in [-0.1, -0.05) is 0 Å². The van der Waals surface area contributed by atoms with E-state index in [1.807, 2.05) is 6.07 Å². The second-order valence-electron chi connectivity index (χ2n) is 5.49. The first-order valence-corrected chi connectivity index (χ1v) is 9.34. The summed E-state index contributed by atoms with van der Waals surface area (Å²) in [6.07, 6.45) is 0. The molecule has 0 aliphatic carbocycles. The molecule has 0 spiro atoms. The Labute approximate surface area is 142 Å². The summed E-state index contributed by atoms with van der Waals surface area (Å²) in [5.41, 5.74) is 3.41. The Morgan fingerprint density at radius 3 is 2.26 bits per heavy atom. The molecule has 0 N–H and O–H groups in total. The van der Waals surface area contributed by atoms with E-state index in [1.165, 1.54) is 25.4 Å². The standard InChI is InChI=1S/C21H16OSe/c1-15-9-5-6-12-17(15)20-21(23-16-10-3-2-4-11-16)18-13-7-8-14-19(18)22-20/h2-14H,1H3. The van der Waals surface area contributed by atoms with Gasteiger partial charge in [-0.3, -0.25) is 0 Å². The first-order chi connectivity index (χ1) is 11.3. The SMILES string of the molecule is Cc1ccccc1-c1oc2ccccc2c1[Se]c1ccccc1. The van der Waals surface area contributed by atoms with Gasteiger partial charge < -0.3 is 0 Å². The van der Waals surface area contributed by atoms with Crippen LogP contribution < -0.4 is 8.92 Å². The van der Waals surface area contributed by atoms with Crippen molar-refractivity contribution in [1.29, 1.82) is 0 Å². The molecule has 3 aromatic carbocycles. The average molecular weight is 363 g/mol. The van der Waals surface area contributed by atoms with Gasteiger partial charge in [-0.15, -0.1) is 0 Å². The number of hydrogen-bond donors (Lipinski definition) is 0. The van der Waals surface area contributed by atoms with Crippen LogP contribution in [0.25, 0.3) is 22.3 Å². The molecule has 0 fully saturated rings. The summed E-state index contributed by atoms with van der Waals surface area (Å²) in [6, 6.07) is 27.5. The fourth-order valence-corrected chi connectivity index (χ4v) is 4.94. The third kappa shape index (κ3) is 2.72. The molecule has 4 rings (SSSR count). The van der Waals surface area contributed by atoms with Crippen LogP contribution in [0, 0.1) is 6.92 Å². The maximum atomic E-state index is 6.25. The van der Waals surface area contributed by atoms with Crippen LogP contribution in [0.15, 0.2) is 83.3 Å². The number of furan rings is 1. The minimum atomic E-state index is 0.214. The van der Waals surface area contributed by atoms with Crippen molar-refractivity contribution in [2.24, 2.45) is 0 Å². The van der Waals surface area contributed by atoms with Crippen LogP contribution in [-0.2, 0) is 0 Å². The van der Waals surface area contributed by atoms with E-state index < -0.39 is 0 Å². The van der Waals surface area contributed by atoms with Gasteiger partial charge in [0.05, 0.1) is 0 Å². The number of hydrogen-bond acceptors (Lipinski definition) is 1. The molecule has 0 saturated carbocycles. The number of fused-ring (bicyclic) bond motifs is 1. The quantitative estimate of drug-likeness (QED) is 0.500. The zero-order valence-electron chi connectivity index (χ0n) is 12.8. The van der Waals surface area contributed by atoms with Crippen LogP contribution in [0.2, 0.25) is 0 Å². The Morgan fingerprint density at radius 2 is 1.43 bits per heavy atom. The third-order valence-electron chi connectivity index (χ3n) is 3.90. The molecular weight excluding hydrogens is 347 g/mol. The van der Waals surface area contributed by atoms with Crippen LogP contribution in [0.5, 0.6) is 0 Å². The summed E-state index contributed by atoms with van der Waals surface area (Å²) in [4.78, 5) is 0. The maximum absolute atomic E-state index is 6.25. The Balaban J connectivity index is 1.93. The van der Waals surface area contributed by atoms with Crippen LogP contribution in [0.4, 0.5) is 0 Å². The van der Waals surface area contributed by atoms with E-state index in [-0.39, 0.29) is 15.0 Å². The molecule has 1 heterocycles. The third-order valence-corrected chi connectivity index (χ3v) is 6.25. The van der Waals surface area contributed by atoms with E-state index in [1.54, 1.807) is 0 Å². The van der Waals surface area contributed by atoms with E-state index in [0.29, 0.717) is 0 Å². The Bertz CT molecular complexity index is 954. The van der Waals surface area contributed by atoms with Crippen LogP contribution in [-0.4, -0.2) is 15.0 Å². The molecule has 0 atom stereocenters. The van der Waals surface area contributed by atoms with Crippen molar-refractivity contribution in [3.05, 3.63) is 84.4 Å². The van der Waals surface area contributed by atoms with Gasteiger partial charge in [0, 0.05) is 0 Å². The van der Waals surface area contributed by atoms with Crippen molar-refractivity contribution >= 4 is 34.8 Å². The molecule has 1 aromatic heterocycles. The average Bonchev–Trinajstić information content (AvgIpc) is 2.95. The van der Waals surface area contributed by atoms with Crippen LogP contribution in [0.1, 0.15) is 5.56 Å². The monoisotopic (exact) mass is 364 g/mol. The fraction of sp³-hybridized carbons (Fsp3) is 0.0476. The van der Waals surface area contributed by atoms with Gasteiger partial charge in [-0.2, -0.15) is 0 Å². The van der Waals surface area contributed by atoms with Gasteiger partial charge in [-0.05, 0) is 0 Å². The van der Waals surface area contributed by atoms with Gasteiger partial charge >= 0.3 is 142 Å². The Kier molecular flexibility index (Phi) is 3.78. The van der Waals surface area contributed by atoms with Crippen molar-refractivity contribution in [1.82, 2.24) is 0 Å². The number of benzene rings is 3.